The Morgan fingerprint density at radius 2 is 1.75 bits per heavy atom. The fourth-order valence-corrected chi connectivity index (χ4v) is 3.01. The highest BCUT2D eigenvalue weighted by molar-refractivity contribution is 6.49. The predicted molar refractivity (Wildman–Crippen MR) is 96.0 cm³/mol. The highest BCUT2D eigenvalue weighted by Crippen LogP contribution is 2.38. The van der Waals surface area contributed by atoms with Crippen LogP contribution in [0.1, 0.15) is 10.5 Å². The summed E-state index contributed by atoms with van der Waals surface area (Å²) in [6, 6.07) is 11.3. The van der Waals surface area contributed by atoms with Crippen molar-refractivity contribution in [3.05, 3.63) is 68.2 Å². The third kappa shape index (κ3) is 3.10. The summed E-state index contributed by atoms with van der Waals surface area (Å²) in [5.41, 5.74) is 1.32. The molecule has 0 amide bonds. The number of halogens is 4. The summed E-state index contributed by atoms with van der Waals surface area (Å²) in [5.74, 6) is -1.13. The predicted octanol–water partition coefficient (Wildman–Crippen LogP) is 5.85. The molecule has 0 bridgehead atoms. The minimum atomic E-state index is -1.13. The molecule has 0 atom stereocenters. The van der Waals surface area contributed by atoms with E-state index in [4.69, 9.17) is 46.4 Å². The van der Waals surface area contributed by atoms with Crippen LogP contribution in [0.3, 0.4) is 0 Å². The Hall–Kier alpha value is -1.72. The van der Waals surface area contributed by atoms with Gasteiger partial charge in [0.2, 0.25) is 0 Å². The molecule has 1 heterocycles. The van der Waals surface area contributed by atoms with E-state index in [0.29, 0.717) is 27.0 Å². The van der Waals surface area contributed by atoms with Gasteiger partial charge in [0, 0.05) is 10.6 Å². The van der Waals surface area contributed by atoms with Crippen molar-refractivity contribution in [3.8, 4) is 16.9 Å². The number of rotatable bonds is 3. The summed E-state index contributed by atoms with van der Waals surface area (Å²) in [6.45, 7) is 0. The Bertz CT molecular complexity index is 953. The molecule has 0 saturated carbocycles. The zero-order chi connectivity index (χ0) is 17.4. The molecule has 0 fully saturated rings. The fourth-order valence-electron chi connectivity index (χ4n) is 2.19. The molecule has 3 rings (SSSR count). The minimum absolute atomic E-state index is 0.0330. The Labute approximate surface area is 157 Å². The lowest BCUT2D eigenvalue weighted by Crippen LogP contribution is -2.07. The van der Waals surface area contributed by atoms with Crippen LogP contribution in [0, 0.1) is 0 Å². The second-order valence-corrected chi connectivity index (χ2v) is 6.43. The average Bonchev–Trinajstić information content (AvgIpc) is 2.98. The van der Waals surface area contributed by atoms with Gasteiger partial charge in [0.25, 0.3) is 0 Å². The summed E-state index contributed by atoms with van der Waals surface area (Å²) in [6.07, 6.45) is 0. The Morgan fingerprint density at radius 1 is 1.00 bits per heavy atom. The zero-order valence-corrected chi connectivity index (χ0v) is 14.8. The van der Waals surface area contributed by atoms with E-state index in [1.165, 1.54) is 10.7 Å². The summed E-state index contributed by atoms with van der Waals surface area (Å²) >= 11 is 24.2. The zero-order valence-electron chi connectivity index (χ0n) is 11.8. The molecule has 0 saturated heterocycles. The van der Waals surface area contributed by atoms with Crippen molar-refractivity contribution in [1.29, 1.82) is 0 Å². The van der Waals surface area contributed by atoms with E-state index in [-0.39, 0.29) is 15.7 Å². The third-order valence-electron chi connectivity index (χ3n) is 3.29. The number of carbonyl (C=O) groups is 1. The first-order valence-electron chi connectivity index (χ1n) is 6.61. The lowest BCUT2D eigenvalue weighted by molar-refractivity contribution is 0.0687. The van der Waals surface area contributed by atoms with Crippen LogP contribution in [0.4, 0.5) is 0 Å². The molecule has 24 heavy (non-hydrogen) atoms. The molecule has 1 N–H and O–H groups in total. The van der Waals surface area contributed by atoms with Gasteiger partial charge in [-0.2, -0.15) is 5.10 Å². The van der Waals surface area contributed by atoms with E-state index in [2.05, 4.69) is 5.10 Å². The molecule has 122 valence electrons. The Kier molecular flexibility index (Phi) is 4.74. The van der Waals surface area contributed by atoms with Crippen LogP contribution in [0.5, 0.6) is 0 Å². The van der Waals surface area contributed by atoms with Crippen molar-refractivity contribution in [2.24, 2.45) is 0 Å². The smallest absolute Gasteiger partial charge is 0.354 e. The van der Waals surface area contributed by atoms with E-state index < -0.39 is 5.97 Å². The van der Waals surface area contributed by atoms with E-state index in [9.17, 15) is 9.90 Å². The molecule has 0 aliphatic heterocycles. The summed E-state index contributed by atoms with van der Waals surface area (Å²) < 4.78 is 1.28. The van der Waals surface area contributed by atoms with Crippen molar-refractivity contribution in [1.82, 2.24) is 9.78 Å². The molecule has 0 aliphatic rings. The molecule has 3 aromatic rings. The first-order chi connectivity index (χ1) is 11.4. The molecule has 0 aliphatic carbocycles. The van der Waals surface area contributed by atoms with Crippen molar-refractivity contribution in [3.63, 3.8) is 0 Å². The number of benzene rings is 2. The number of hydrogen-bond donors (Lipinski definition) is 1. The van der Waals surface area contributed by atoms with Gasteiger partial charge in [-0.15, -0.1) is 0 Å². The standard InChI is InChI=1S/C16H8Cl4N2O2/c17-8-2-1-3-9(6-8)22-13(16(23)24)7-12(21-22)10-4-5-11(18)15(20)14(10)19/h1-7H,(H,23,24). The largest absolute Gasteiger partial charge is 0.477 e. The molecule has 4 nitrogen and oxygen atoms in total. The van der Waals surface area contributed by atoms with Gasteiger partial charge in [-0.25, -0.2) is 9.48 Å². The van der Waals surface area contributed by atoms with Gasteiger partial charge in [-0.05, 0) is 36.4 Å². The van der Waals surface area contributed by atoms with Crippen LogP contribution in [0.15, 0.2) is 42.5 Å². The number of carboxylic acid groups (broad SMARTS) is 1. The number of nitrogens with zero attached hydrogens (tertiary/aromatic N) is 2. The van der Waals surface area contributed by atoms with Gasteiger partial charge in [0.05, 0.1) is 26.4 Å². The fraction of sp³-hybridized carbons (Fsp3) is 0. The SMILES string of the molecule is O=C(O)c1cc(-c2ccc(Cl)c(Cl)c2Cl)nn1-c1cccc(Cl)c1. The minimum Gasteiger partial charge on any atom is -0.477 e. The van der Waals surface area contributed by atoms with Crippen molar-refractivity contribution < 1.29 is 9.90 Å². The number of aromatic nitrogens is 2. The maximum atomic E-state index is 11.6. The lowest BCUT2D eigenvalue weighted by atomic mass is 10.1. The van der Waals surface area contributed by atoms with E-state index >= 15 is 0 Å². The molecule has 1 aromatic heterocycles. The Morgan fingerprint density at radius 3 is 2.42 bits per heavy atom. The number of carboxylic acids is 1. The third-order valence-corrected chi connectivity index (χ3v) is 4.82. The van der Waals surface area contributed by atoms with Gasteiger partial charge in [-0.3, -0.25) is 0 Å². The van der Waals surface area contributed by atoms with Gasteiger partial charge in [-0.1, -0.05) is 52.5 Å². The maximum absolute atomic E-state index is 11.6. The van der Waals surface area contributed by atoms with Crippen molar-refractivity contribution in [2.75, 3.05) is 0 Å². The van der Waals surface area contributed by atoms with Crippen LogP contribution in [0.25, 0.3) is 16.9 Å². The molecular weight excluding hydrogens is 394 g/mol. The highest BCUT2D eigenvalue weighted by Gasteiger charge is 2.19. The lowest BCUT2D eigenvalue weighted by Gasteiger charge is -2.06. The quantitative estimate of drug-likeness (QED) is 0.560. The number of hydrogen-bond acceptors (Lipinski definition) is 2. The first kappa shape index (κ1) is 17.1. The molecule has 8 heteroatoms. The maximum Gasteiger partial charge on any atom is 0.354 e. The Balaban J connectivity index is 2.21. The van der Waals surface area contributed by atoms with Gasteiger partial charge < -0.3 is 5.11 Å². The summed E-state index contributed by atoms with van der Waals surface area (Å²) in [4.78, 5) is 11.6. The van der Waals surface area contributed by atoms with E-state index in [0.717, 1.165) is 0 Å². The van der Waals surface area contributed by atoms with Gasteiger partial charge >= 0.3 is 5.97 Å². The first-order valence-corrected chi connectivity index (χ1v) is 8.13. The summed E-state index contributed by atoms with van der Waals surface area (Å²) in [5, 5.41) is 14.9. The normalized spacial score (nSPS) is 10.8. The van der Waals surface area contributed by atoms with Crippen LogP contribution >= 0.6 is 46.4 Å². The highest BCUT2D eigenvalue weighted by atomic mass is 35.5. The molecule has 0 unspecified atom stereocenters. The van der Waals surface area contributed by atoms with Gasteiger partial charge in [0.1, 0.15) is 0 Å². The van der Waals surface area contributed by atoms with Crippen LogP contribution in [-0.2, 0) is 0 Å². The average molecular weight is 402 g/mol. The van der Waals surface area contributed by atoms with Crippen molar-refractivity contribution >= 4 is 52.4 Å². The monoisotopic (exact) mass is 400 g/mol. The van der Waals surface area contributed by atoms with Crippen molar-refractivity contribution in [2.45, 2.75) is 0 Å². The molecule has 0 radical (unpaired) electrons. The molecular formula is C16H8Cl4N2O2. The second-order valence-electron chi connectivity index (χ2n) is 4.83. The topological polar surface area (TPSA) is 55.1 Å². The van der Waals surface area contributed by atoms with E-state index in [1.54, 1.807) is 36.4 Å². The number of aromatic carboxylic acids is 1. The molecule has 0 spiro atoms. The van der Waals surface area contributed by atoms with E-state index in [1.807, 2.05) is 0 Å². The second kappa shape index (κ2) is 6.65. The van der Waals surface area contributed by atoms with Crippen LogP contribution in [-0.4, -0.2) is 20.9 Å². The van der Waals surface area contributed by atoms with Crippen LogP contribution in [0.2, 0.25) is 20.1 Å². The van der Waals surface area contributed by atoms with Gasteiger partial charge in [0.15, 0.2) is 5.69 Å². The summed E-state index contributed by atoms with van der Waals surface area (Å²) in [7, 11) is 0. The molecule has 2 aromatic carbocycles. The van der Waals surface area contributed by atoms with Crippen LogP contribution < -0.4 is 0 Å².